The van der Waals surface area contributed by atoms with Crippen LogP contribution < -0.4 is 4.72 Å². The van der Waals surface area contributed by atoms with Crippen molar-refractivity contribution in [3.05, 3.63) is 35.2 Å². The number of halogens is 1. The quantitative estimate of drug-likeness (QED) is 0.628. The van der Waals surface area contributed by atoms with Crippen molar-refractivity contribution in [3.8, 4) is 0 Å². The van der Waals surface area contributed by atoms with Crippen LogP contribution in [0.5, 0.6) is 0 Å². The number of rotatable bonds is 8. The Bertz CT molecular complexity index is 936. The second kappa shape index (κ2) is 7.79. The third-order valence-electron chi connectivity index (χ3n) is 3.82. The summed E-state index contributed by atoms with van der Waals surface area (Å²) < 4.78 is 53.0. The first-order valence-electron chi connectivity index (χ1n) is 8.12. The Morgan fingerprint density at radius 2 is 2.19 bits per heavy atom. The Morgan fingerprint density at radius 3 is 2.70 bits per heavy atom. The van der Waals surface area contributed by atoms with Crippen LogP contribution in [0.25, 0.3) is 0 Å². The molecule has 27 heavy (non-hydrogen) atoms. The van der Waals surface area contributed by atoms with E-state index in [-0.39, 0.29) is 13.0 Å². The average Bonchev–Trinajstić information content (AvgIpc) is 3.10. The van der Waals surface area contributed by atoms with Crippen LogP contribution in [-0.2, 0) is 28.2 Å². The molecule has 2 rings (SSSR count). The maximum Gasteiger partial charge on any atom is 0.358 e. The monoisotopic (exact) mass is 403 g/mol. The molecule has 0 saturated heterocycles. The Morgan fingerprint density at radius 1 is 1.52 bits per heavy atom. The first kappa shape index (κ1) is 21.1. The van der Waals surface area contributed by atoms with Crippen molar-refractivity contribution in [3.63, 3.8) is 0 Å². The van der Waals surface area contributed by atoms with Gasteiger partial charge >= 0.3 is 5.97 Å². The number of carbonyl (C=O) groups is 1. The molecule has 9 nitrogen and oxygen atoms in total. The minimum atomic E-state index is -4.40. The van der Waals surface area contributed by atoms with E-state index in [0.717, 1.165) is 10.8 Å². The van der Waals surface area contributed by atoms with Crippen molar-refractivity contribution >= 4 is 16.0 Å². The van der Waals surface area contributed by atoms with Crippen molar-refractivity contribution < 1.29 is 32.0 Å². The fourth-order valence-electron chi connectivity index (χ4n) is 2.59. The lowest BCUT2D eigenvalue weighted by Gasteiger charge is -2.27. The number of hydrogen-bond donors (Lipinski definition) is 2. The summed E-state index contributed by atoms with van der Waals surface area (Å²) >= 11 is 0. The van der Waals surface area contributed by atoms with Crippen LogP contribution in [0.3, 0.4) is 0 Å². The van der Waals surface area contributed by atoms with Crippen LogP contribution in [-0.4, -0.2) is 48.0 Å². The second-order valence-corrected chi connectivity index (χ2v) is 8.07. The number of hydrogen-bond acceptors (Lipinski definition) is 7. The SMILES string of the molecule is CCOC(=O)c1c(F)c(S(=O)(=O)NC(C)(CO)Cc2cc(C)on2)cn1C. The predicted octanol–water partition coefficient (Wildman–Crippen LogP) is 0.909. The van der Waals surface area contributed by atoms with E-state index >= 15 is 0 Å². The standard InChI is InChI=1S/C16H22FN3O6S/c1-5-25-15(22)14-13(17)12(8-20(14)4)27(23,24)19-16(3,9-21)7-11-6-10(2)26-18-11/h6,8,19,21H,5,7,9H2,1-4H3. The van der Waals surface area contributed by atoms with Gasteiger partial charge in [-0.05, 0) is 20.8 Å². The highest BCUT2D eigenvalue weighted by Crippen LogP contribution is 2.23. The molecule has 2 N–H and O–H groups in total. The first-order chi connectivity index (χ1) is 12.5. The van der Waals surface area contributed by atoms with Crippen LogP contribution in [0.2, 0.25) is 0 Å². The maximum atomic E-state index is 14.6. The molecule has 0 aliphatic rings. The van der Waals surface area contributed by atoms with Gasteiger partial charge in [-0.3, -0.25) is 0 Å². The molecule has 0 radical (unpaired) electrons. The molecule has 2 heterocycles. The number of nitrogens with zero attached hydrogens (tertiary/aromatic N) is 2. The molecule has 0 aliphatic heterocycles. The third kappa shape index (κ3) is 4.54. The predicted molar refractivity (Wildman–Crippen MR) is 92.1 cm³/mol. The molecule has 1 atom stereocenters. The number of esters is 1. The van der Waals surface area contributed by atoms with E-state index in [9.17, 15) is 22.7 Å². The van der Waals surface area contributed by atoms with Gasteiger partial charge in [0.15, 0.2) is 11.5 Å². The lowest BCUT2D eigenvalue weighted by Crippen LogP contribution is -2.50. The number of carbonyl (C=O) groups excluding carboxylic acids is 1. The molecule has 0 fully saturated rings. The first-order valence-corrected chi connectivity index (χ1v) is 9.60. The topological polar surface area (TPSA) is 124 Å². The Kier molecular flexibility index (Phi) is 6.07. The van der Waals surface area contributed by atoms with Gasteiger partial charge in [-0.15, -0.1) is 0 Å². The van der Waals surface area contributed by atoms with Crippen LogP contribution in [0.1, 0.15) is 35.8 Å². The van der Waals surface area contributed by atoms with Crippen LogP contribution in [0.15, 0.2) is 21.7 Å². The van der Waals surface area contributed by atoms with Gasteiger partial charge in [-0.1, -0.05) is 5.16 Å². The highest BCUT2D eigenvalue weighted by atomic mass is 32.2. The van der Waals surface area contributed by atoms with Gasteiger partial charge < -0.3 is 18.9 Å². The van der Waals surface area contributed by atoms with E-state index in [2.05, 4.69) is 9.88 Å². The van der Waals surface area contributed by atoms with E-state index in [1.165, 1.54) is 14.0 Å². The average molecular weight is 403 g/mol. The fraction of sp³-hybridized carbons (Fsp3) is 0.500. The van der Waals surface area contributed by atoms with Crippen molar-refractivity contribution in [2.24, 2.45) is 7.05 Å². The molecule has 2 aromatic heterocycles. The zero-order valence-electron chi connectivity index (χ0n) is 15.4. The van der Waals surface area contributed by atoms with Crippen LogP contribution in [0.4, 0.5) is 4.39 Å². The number of aromatic nitrogens is 2. The van der Waals surface area contributed by atoms with Crippen LogP contribution >= 0.6 is 0 Å². The molecule has 0 saturated carbocycles. The Hall–Kier alpha value is -2.24. The third-order valence-corrected chi connectivity index (χ3v) is 5.45. The van der Waals surface area contributed by atoms with Crippen molar-refractivity contribution in [1.82, 2.24) is 14.4 Å². The van der Waals surface area contributed by atoms with Gasteiger partial charge in [0, 0.05) is 25.7 Å². The van der Waals surface area contributed by atoms with Crippen molar-refractivity contribution in [2.75, 3.05) is 13.2 Å². The van der Waals surface area contributed by atoms with E-state index < -0.39 is 44.5 Å². The molecule has 2 aromatic rings. The summed E-state index contributed by atoms with van der Waals surface area (Å²) in [6.07, 6.45) is 0.987. The fourth-order valence-corrected chi connectivity index (χ4v) is 4.12. The normalized spacial score (nSPS) is 14.1. The van der Waals surface area contributed by atoms with Gasteiger partial charge in [-0.2, -0.15) is 0 Å². The molecule has 0 amide bonds. The summed E-state index contributed by atoms with van der Waals surface area (Å²) in [4.78, 5) is 11.1. The van der Waals surface area contributed by atoms with Crippen molar-refractivity contribution in [2.45, 2.75) is 37.6 Å². The molecule has 11 heteroatoms. The van der Waals surface area contributed by atoms with E-state index in [4.69, 9.17) is 9.26 Å². The summed E-state index contributed by atoms with van der Waals surface area (Å²) in [6, 6.07) is 1.60. The number of sulfonamides is 1. The molecular formula is C16H22FN3O6S. The number of aliphatic hydroxyl groups excluding tert-OH is 1. The lowest BCUT2D eigenvalue weighted by atomic mass is 9.98. The van der Waals surface area contributed by atoms with Gasteiger partial charge in [-0.25, -0.2) is 22.3 Å². The van der Waals surface area contributed by atoms with Crippen molar-refractivity contribution in [1.29, 1.82) is 0 Å². The van der Waals surface area contributed by atoms with Gasteiger partial charge in [0.05, 0.1) is 24.4 Å². The second-order valence-electron chi connectivity index (χ2n) is 6.42. The zero-order chi connectivity index (χ0) is 20.4. The van der Waals surface area contributed by atoms with Gasteiger partial charge in [0.1, 0.15) is 10.7 Å². The summed E-state index contributed by atoms with van der Waals surface area (Å²) in [5.41, 5.74) is -1.45. The molecule has 150 valence electrons. The summed E-state index contributed by atoms with van der Waals surface area (Å²) in [5.74, 6) is -1.66. The molecule has 0 bridgehead atoms. The van der Waals surface area contributed by atoms with E-state index in [1.807, 2.05) is 0 Å². The molecule has 0 spiro atoms. The highest BCUT2D eigenvalue weighted by molar-refractivity contribution is 7.89. The van der Waals surface area contributed by atoms with Crippen LogP contribution in [0, 0.1) is 12.7 Å². The minimum Gasteiger partial charge on any atom is -0.461 e. The number of ether oxygens (including phenoxy) is 1. The molecular weight excluding hydrogens is 381 g/mol. The van der Waals surface area contributed by atoms with Gasteiger partial charge in [0.2, 0.25) is 10.0 Å². The Balaban J connectivity index is 2.34. The van der Waals surface area contributed by atoms with Gasteiger partial charge in [0.25, 0.3) is 0 Å². The number of nitrogens with one attached hydrogen (secondary N) is 1. The maximum absolute atomic E-state index is 14.6. The minimum absolute atomic E-state index is 0.0132. The molecule has 0 aliphatic carbocycles. The largest absolute Gasteiger partial charge is 0.461 e. The highest BCUT2D eigenvalue weighted by Gasteiger charge is 2.35. The summed E-state index contributed by atoms with van der Waals surface area (Å²) in [6.45, 7) is 4.12. The van der Waals surface area contributed by atoms with E-state index in [0.29, 0.717) is 11.5 Å². The molecule has 0 aromatic carbocycles. The number of aryl methyl sites for hydroxylation is 2. The Labute approximate surface area is 156 Å². The zero-order valence-corrected chi connectivity index (χ0v) is 16.3. The lowest BCUT2D eigenvalue weighted by molar-refractivity contribution is 0.0509. The van der Waals surface area contributed by atoms with E-state index in [1.54, 1.807) is 19.9 Å². The molecule has 1 unspecified atom stereocenters. The summed E-state index contributed by atoms with van der Waals surface area (Å²) in [5, 5.41) is 13.5. The summed E-state index contributed by atoms with van der Waals surface area (Å²) in [7, 11) is -3.07. The number of aliphatic hydroxyl groups is 1. The smallest absolute Gasteiger partial charge is 0.358 e.